The monoisotopic (exact) mass is 368 g/mol. The Kier molecular flexibility index (Phi) is 4.43. The first-order valence-corrected chi connectivity index (χ1v) is 7.64. The maximum Gasteiger partial charge on any atom is 0.0861 e. The van der Waals surface area contributed by atoms with Gasteiger partial charge in [0.1, 0.15) is 0 Å². The van der Waals surface area contributed by atoms with Crippen LogP contribution in [0.15, 0.2) is 28.1 Å². The van der Waals surface area contributed by atoms with Gasteiger partial charge in [0, 0.05) is 14.9 Å². The fourth-order valence-electron chi connectivity index (χ4n) is 1.59. The molecule has 0 fully saturated rings. The Labute approximate surface area is 128 Å². The zero-order valence-electron chi connectivity index (χ0n) is 8.81. The minimum atomic E-state index is -0.274. The van der Waals surface area contributed by atoms with Crippen LogP contribution in [0.2, 0.25) is 10.0 Å². The molecule has 0 radical (unpaired) electrons. The van der Waals surface area contributed by atoms with Crippen molar-refractivity contribution in [3.8, 4) is 0 Å². The molecular weight excluding hydrogens is 362 g/mol. The van der Waals surface area contributed by atoms with E-state index < -0.39 is 0 Å². The molecule has 17 heavy (non-hydrogen) atoms. The summed E-state index contributed by atoms with van der Waals surface area (Å²) in [5, 5.41) is 1.00. The van der Waals surface area contributed by atoms with Crippen LogP contribution in [-0.4, -0.2) is 0 Å². The third kappa shape index (κ3) is 2.99. The lowest BCUT2D eigenvalue weighted by Gasteiger charge is -2.12. The van der Waals surface area contributed by atoms with Gasteiger partial charge in [-0.25, -0.2) is 0 Å². The van der Waals surface area contributed by atoms with Gasteiger partial charge in [-0.05, 0) is 58.2 Å². The van der Waals surface area contributed by atoms with Gasteiger partial charge in [-0.1, -0.05) is 23.2 Å². The highest BCUT2D eigenvalue weighted by Gasteiger charge is 2.18. The van der Waals surface area contributed by atoms with E-state index in [9.17, 15) is 0 Å². The molecule has 2 aromatic rings. The van der Waals surface area contributed by atoms with Gasteiger partial charge in [-0.2, -0.15) is 0 Å². The Hall–Kier alpha value is 0.270. The Morgan fingerprint density at radius 1 is 1.18 bits per heavy atom. The van der Waals surface area contributed by atoms with Crippen LogP contribution in [0.4, 0.5) is 0 Å². The van der Waals surface area contributed by atoms with Crippen molar-refractivity contribution in [3.05, 3.63) is 54.1 Å². The first kappa shape index (κ1) is 13.7. The first-order chi connectivity index (χ1) is 7.99. The zero-order valence-corrected chi connectivity index (χ0v) is 13.5. The van der Waals surface area contributed by atoms with E-state index >= 15 is 0 Å². The van der Waals surface area contributed by atoms with Gasteiger partial charge in [-0.15, -0.1) is 22.9 Å². The van der Waals surface area contributed by atoms with Crippen molar-refractivity contribution in [2.45, 2.75) is 12.3 Å². The number of alkyl halides is 1. The van der Waals surface area contributed by atoms with Crippen molar-refractivity contribution in [2.75, 3.05) is 0 Å². The second kappa shape index (κ2) is 5.50. The molecule has 0 N–H and O–H groups in total. The van der Waals surface area contributed by atoms with Crippen LogP contribution in [0.1, 0.15) is 21.4 Å². The minimum Gasteiger partial charge on any atom is -0.133 e. The summed E-state index contributed by atoms with van der Waals surface area (Å²) in [7, 11) is 0. The molecule has 0 spiro atoms. The second-order valence-electron chi connectivity index (χ2n) is 3.59. The lowest BCUT2D eigenvalue weighted by molar-refractivity contribution is 1.13. The minimum absolute atomic E-state index is 0.274. The van der Waals surface area contributed by atoms with Gasteiger partial charge in [0.15, 0.2) is 0 Å². The van der Waals surface area contributed by atoms with Crippen molar-refractivity contribution in [3.63, 3.8) is 0 Å². The second-order valence-corrected chi connectivity index (χ2v) is 7.51. The molecule has 90 valence electrons. The number of benzene rings is 1. The van der Waals surface area contributed by atoms with E-state index in [1.54, 1.807) is 23.5 Å². The zero-order chi connectivity index (χ0) is 12.6. The molecule has 1 atom stereocenters. The molecule has 0 saturated carbocycles. The van der Waals surface area contributed by atoms with Crippen molar-refractivity contribution < 1.29 is 0 Å². The first-order valence-electron chi connectivity index (χ1n) is 4.84. The molecule has 0 aliphatic heterocycles. The Balaban J connectivity index is 2.46. The largest absolute Gasteiger partial charge is 0.133 e. The van der Waals surface area contributed by atoms with Crippen molar-refractivity contribution in [1.82, 2.24) is 0 Å². The summed E-state index contributed by atoms with van der Waals surface area (Å²) < 4.78 is 1.06. The summed E-state index contributed by atoms with van der Waals surface area (Å²) in [6, 6.07) is 7.36. The topological polar surface area (TPSA) is 0 Å². The normalized spacial score (nSPS) is 12.8. The SMILES string of the molecule is Cc1sc(Br)cc1C(Cl)c1cc(Cl)ccc1Cl. The van der Waals surface area contributed by atoms with E-state index in [1.165, 1.54) is 4.88 Å². The quantitative estimate of drug-likeness (QED) is 0.533. The summed E-state index contributed by atoms with van der Waals surface area (Å²) in [6.07, 6.45) is 0. The number of thiophene rings is 1. The molecular formula is C12H8BrCl3S. The van der Waals surface area contributed by atoms with E-state index in [0.29, 0.717) is 10.0 Å². The summed E-state index contributed by atoms with van der Waals surface area (Å²) in [6.45, 7) is 2.04. The highest BCUT2D eigenvalue weighted by atomic mass is 79.9. The summed E-state index contributed by atoms with van der Waals surface area (Å²) >= 11 is 23.7. The van der Waals surface area contributed by atoms with Crippen molar-refractivity contribution >= 4 is 62.1 Å². The lowest BCUT2D eigenvalue weighted by Crippen LogP contribution is -1.94. The Bertz CT molecular complexity index is 551. The van der Waals surface area contributed by atoms with Crippen LogP contribution in [0, 0.1) is 6.92 Å². The number of hydrogen-bond acceptors (Lipinski definition) is 1. The molecule has 0 bridgehead atoms. The van der Waals surface area contributed by atoms with Crippen LogP contribution in [0.3, 0.4) is 0 Å². The van der Waals surface area contributed by atoms with Gasteiger partial charge >= 0.3 is 0 Å². The molecule has 1 heterocycles. The van der Waals surface area contributed by atoms with E-state index in [-0.39, 0.29) is 5.38 Å². The molecule has 0 amide bonds. The number of aryl methyl sites for hydroxylation is 1. The van der Waals surface area contributed by atoms with Crippen LogP contribution >= 0.6 is 62.1 Å². The summed E-state index contributed by atoms with van der Waals surface area (Å²) in [5.41, 5.74) is 1.90. The van der Waals surface area contributed by atoms with Gasteiger partial charge < -0.3 is 0 Å². The molecule has 0 saturated heterocycles. The van der Waals surface area contributed by atoms with Crippen LogP contribution < -0.4 is 0 Å². The molecule has 1 aromatic heterocycles. The highest BCUT2D eigenvalue weighted by Crippen LogP contribution is 2.40. The molecule has 0 aliphatic rings. The molecule has 1 aromatic carbocycles. The summed E-state index contributed by atoms with van der Waals surface area (Å²) in [5.74, 6) is 0. The Morgan fingerprint density at radius 2 is 1.88 bits per heavy atom. The van der Waals surface area contributed by atoms with Crippen LogP contribution in [-0.2, 0) is 0 Å². The van der Waals surface area contributed by atoms with Gasteiger partial charge in [0.05, 0.1) is 9.16 Å². The fraction of sp³-hybridized carbons (Fsp3) is 0.167. The highest BCUT2D eigenvalue weighted by molar-refractivity contribution is 9.11. The van der Waals surface area contributed by atoms with E-state index in [0.717, 1.165) is 14.9 Å². The predicted molar refractivity (Wildman–Crippen MR) is 80.9 cm³/mol. The lowest BCUT2D eigenvalue weighted by atomic mass is 10.1. The van der Waals surface area contributed by atoms with Crippen molar-refractivity contribution in [1.29, 1.82) is 0 Å². The summed E-state index contributed by atoms with van der Waals surface area (Å²) in [4.78, 5) is 1.17. The molecule has 2 rings (SSSR count). The predicted octanol–water partition coefficient (Wildman–Crippen LogP) is 6.45. The molecule has 0 nitrogen and oxygen atoms in total. The van der Waals surface area contributed by atoms with E-state index in [1.807, 2.05) is 19.1 Å². The number of halogens is 4. The molecule has 5 heteroatoms. The third-order valence-corrected chi connectivity index (χ3v) is 5.05. The van der Waals surface area contributed by atoms with Crippen LogP contribution in [0.25, 0.3) is 0 Å². The van der Waals surface area contributed by atoms with Gasteiger partial charge in [0.25, 0.3) is 0 Å². The third-order valence-electron chi connectivity index (χ3n) is 2.43. The van der Waals surface area contributed by atoms with E-state index in [4.69, 9.17) is 34.8 Å². The standard InChI is InChI=1S/C12H8BrCl3S/c1-6-8(5-11(13)17-6)12(16)9-4-7(14)2-3-10(9)15/h2-5,12H,1H3. The van der Waals surface area contributed by atoms with Gasteiger partial charge in [-0.3, -0.25) is 0 Å². The average molecular weight is 371 g/mol. The number of rotatable bonds is 2. The Morgan fingerprint density at radius 3 is 2.47 bits per heavy atom. The van der Waals surface area contributed by atoms with Gasteiger partial charge in [0.2, 0.25) is 0 Å². The molecule has 1 unspecified atom stereocenters. The van der Waals surface area contributed by atoms with Crippen LogP contribution in [0.5, 0.6) is 0 Å². The maximum absolute atomic E-state index is 6.47. The molecule has 0 aliphatic carbocycles. The average Bonchev–Trinajstić information content (AvgIpc) is 2.60. The van der Waals surface area contributed by atoms with Crippen molar-refractivity contribution in [2.24, 2.45) is 0 Å². The fourth-order valence-corrected chi connectivity index (χ4v) is 4.27. The smallest absolute Gasteiger partial charge is 0.0861 e. The maximum atomic E-state index is 6.47. The van der Waals surface area contributed by atoms with E-state index in [2.05, 4.69) is 15.9 Å². The number of hydrogen-bond donors (Lipinski definition) is 0.